The molecule has 0 unspecified atom stereocenters. The van der Waals surface area contributed by atoms with Crippen LogP contribution < -0.4 is 9.64 Å². The van der Waals surface area contributed by atoms with Crippen molar-refractivity contribution in [3.8, 4) is 11.5 Å². The van der Waals surface area contributed by atoms with Gasteiger partial charge in [-0.1, -0.05) is 0 Å². The van der Waals surface area contributed by atoms with Crippen molar-refractivity contribution in [1.29, 1.82) is 0 Å². The number of nitrogens with zero attached hydrogens (tertiary/aromatic N) is 1. The van der Waals surface area contributed by atoms with E-state index in [1.165, 1.54) is 19.2 Å². The Bertz CT molecular complexity index is 362. The van der Waals surface area contributed by atoms with Crippen LogP contribution in [-0.4, -0.2) is 25.3 Å². The fourth-order valence-corrected chi connectivity index (χ4v) is 1.90. The van der Waals surface area contributed by atoms with Gasteiger partial charge in [-0.15, -0.1) is 0 Å². The van der Waals surface area contributed by atoms with Gasteiger partial charge in [0.1, 0.15) is 5.75 Å². The van der Waals surface area contributed by atoms with E-state index in [9.17, 15) is 9.50 Å². The molecule has 4 heteroatoms. The summed E-state index contributed by atoms with van der Waals surface area (Å²) in [7, 11) is 1.51. The number of aromatic hydroxyl groups is 1. The van der Waals surface area contributed by atoms with E-state index < -0.39 is 5.82 Å². The second-order valence-electron chi connectivity index (χ2n) is 3.67. The Balaban J connectivity index is 2.39. The maximum atomic E-state index is 13.1. The highest BCUT2D eigenvalue weighted by molar-refractivity contribution is 5.62. The largest absolute Gasteiger partial charge is 0.505 e. The summed E-state index contributed by atoms with van der Waals surface area (Å²) in [6.45, 7) is 1.86. The van der Waals surface area contributed by atoms with Gasteiger partial charge >= 0.3 is 0 Å². The molecular formula is C11H14FNO2. The Labute approximate surface area is 88.1 Å². The molecule has 1 aromatic carbocycles. The fraction of sp³-hybridized carbons (Fsp3) is 0.455. The van der Waals surface area contributed by atoms with Crippen LogP contribution in [0.25, 0.3) is 0 Å². The van der Waals surface area contributed by atoms with Gasteiger partial charge in [0.15, 0.2) is 11.6 Å². The van der Waals surface area contributed by atoms with Crippen LogP contribution >= 0.6 is 0 Å². The number of hydrogen-bond acceptors (Lipinski definition) is 3. The molecule has 1 heterocycles. The molecule has 1 aliphatic rings. The number of phenolic OH excluding ortho intramolecular Hbond substituents is 1. The second kappa shape index (κ2) is 3.96. The van der Waals surface area contributed by atoms with E-state index >= 15 is 0 Å². The number of halogens is 1. The van der Waals surface area contributed by atoms with Crippen molar-refractivity contribution in [1.82, 2.24) is 0 Å². The Morgan fingerprint density at radius 2 is 2.00 bits per heavy atom. The third kappa shape index (κ3) is 1.84. The van der Waals surface area contributed by atoms with E-state index in [1.807, 2.05) is 0 Å². The van der Waals surface area contributed by atoms with Crippen molar-refractivity contribution < 1.29 is 14.2 Å². The monoisotopic (exact) mass is 211 g/mol. The lowest BCUT2D eigenvalue weighted by Crippen LogP contribution is -2.18. The SMILES string of the molecule is COc1cc(F)c(O)cc1N1CCCC1. The first-order valence-electron chi connectivity index (χ1n) is 5.04. The summed E-state index contributed by atoms with van der Waals surface area (Å²) in [4.78, 5) is 2.10. The number of rotatable bonds is 2. The molecule has 82 valence electrons. The topological polar surface area (TPSA) is 32.7 Å². The Hall–Kier alpha value is -1.45. The van der Waals surface area contributed by atoms with E-state index in [4.69, 9.17) is 4.74 Å². The minimum atomic E-state index is -0.644. The van der Waals surface area contributed by atoms with Crippen LogP contribution in [0.15, 0.2) is 12.1 Å². The number of anilines is 1. The predicted molar refractivity (Wildman–Crippen MR) is 56.1 cm³/mol. The van der Waals surface area contributed by atoms with Gasteiger partial charge in [-0.05, 0) is 12.8 Å². The minimum absolute atomic E-state index is 0.322. The first-order chi connectivity index (χ1) is 7.22. The standard InChI is InChI=1S/C11H14FNO2/c1-15-11-6-8(12)10(14)7-9(11)13-4-2-3-5-13/h6-7,14H,2-5H2,1H3. The molecule has 15 heavy (non-hydrogen) atoms. The van der Waals surface area contributed by atoms with E-state index in [1.54, 1.807) is 0 Å². The van der Waals surface area contributed by atoms with Gasteiger partial charge in [-0.2, -0.15) is 0 Å². The van der Waals surface area contributed by atoms with E-state index in [0.717, 1.165) is 31.6 Å². The van der Waals surface area contributed by atoms with Crippen molar-refractivity contribution in [2.45, 2.75) is 12.8 Å². The van der Waals surface area contributed by atoms with Crippen molar-refractivity contribution in [2.24, 2.45) is 0 Å². The van der Waals surface area contributed by atoms with Crippen molar-refractivity contribution in [2.75, 3.05) is 25.1 Å². The van der Waals surface area contributed by atoms with Crippen LogP contribution in [-0.2, 0) is 0 Å². The molecule has 1 aliphatic heterocycles. The van der Waals surface area contributed by atoms with Crippen LogP contribution in [0.3, 0.4) is 0 Å². The maximum absolute atomic E-state index is 13.1. The van der Waals surface area contributed by atoms with Gasteiger partial charge < -0.3 is 14.7 Å². The van der Waals surface area contributed by atoms with Gasteiger partial charge in [-0.3, -0.25) is 0 Å². The average molecular weight is 211 g/mol. The molecule has 1 aromatic rings. The van der Waals surface area contributed by atoms with E-state index in [-0.39, 0.29) is 5.75 Å². The summed E-state index contributed by atoms with van der Waals surface area (Å²) < 4.78 is 18.2. The Morgan fingerprint density at radius 3 is 2.60 bits per heavy atom. The van der Waals surface area contributed by atoms with Gasteiger partial charge in [-0.25, -0.2) is 4.39 Å². The molecule has 0 saturated carbocycles. The maximum Gasteiger partial charge on any atom is 0.168 e. The molecule has 0 aliphatic carbocycles. The third-order valence-corrected chi connectivity index (χ3v) is 2.70. The summed E-state index contributed by atoms with van der Waals surface area (Å²) in [6, 6.07) is 2.66. The molecular weight excluding hydrogens is 197 g/mol. The summed E-state index contributed by atoms with van der Waals surface area (Å²) in [5.41, 5.74) is 0.772. The van der Waals surface area contributed by atoms with Crippen molar-refractivity contribution in [3.63, 3.8) is 0 Å². The lowest BCUT2D eigenvalue weighted by atomic mass is 10.2. The van der Waals surface area contributed by atoms with Crippen LogP contribution in [0.1, 0.15) is 12.8 Å². The van der Waals surface area contributed by atoms with Crippen LogP contribution in [0.5, 0.6) is 11.5 Å². The molecule has 0 atom stereocenters. The highest BCUT2D eigenvalue weighted by atomic mass is 19.1. The fourth-order valence-electron chi connectivity index (χ4n) is 1.90. The summed E-state index contributed by atoms with van der Waals surface area (Å²) in [5.74, 6) is -0.486. The highest BCUT2D eigenvalue weighted by Crippen LogP contribution is 2.35. The quantitative estimate of drug-likeness (QED) is 0.813. The molecule has 1 saturated heterocycles. The number of hydrogen-bond donors (Lipinski definition) is 1. The molecule has 3 nitrogen and oxygen atoms in total. The van der Waals surface area contributed by atoms with E-state index in [0.29, 0.717) is 5.75 Å². The number of phenols is 1. The lowest BCUT2D eigenvalue weighted by Gasteiger charge is -2.20. The first kappa shape index (κ1) is 10.1. The first-order valence-corrected chi connectivity index (χ1v) is 5.04. The number of ether oxygens (including phenoxy) is 1. The summed E-state index contributed by atoms with van der Waals surface area (Å²) in [6.07, 6.45) is 2.25. The predicted octanol–water partition coefficient (Wildman–Crippen LogP) is 2.14. The van der Waals surface area contributed by atoms with Crippen LogP contribution in [0.4, 0.5) is 10.1 Å². The third-order valence-electron chi connectivity index (χ3n) is 2.70. The van der Waals surface area contributed by atoms with Crippen LogP contribution in [0.2, 0.25) is 0 Å². The Kier molecular flexibility index (Phi) is 2.66. The molecule has 0 bridgehead atoms. The average Bonchev–Trinajstić information content (AvgIpc) is 2.74. The molecule has 2 rings (SSSR count). The smallest absolute Gasteiger partial charge is 0.168 e. The lowest BCUT2D eigenvalue weighted by molar-refractivity contribution is 0.399. The molecule has 1 N–H and O–H groups in total. The van der Waals surface area contributed by atoms with Crippen molar-refractivity contribution >= 4 is 5.69 Å². The number of methoxy groups -OCH3 is 1. The van der Waals surface area contributed by atoms with Gasteiger partial charge in [0, 0.05) is 25.2 Å². The zero-order valence-corrected chi connectivity index (χ0v) is 8.66. The number of benzene rings is 1. The molecule has 0 amide bonds. The molecule has 0 aromatic heterocycles. The Morgan fingerprint density at radius 1 is 1.33 bits per heavy atom. The highest BCUT2D eigenvalue weighted by Gasteiger charge is 2.18. The molecule has 0 radical (unpaired) electrons. The minimum Gasteiger partial charge on any atom is -0.505 e. The van der Waals surface area contributed by atoms with Crippen LogP contribution in [0, 0.1) is 5.82 Å². The van der Waals surface area contributed by atoms with Crippen molar-refractivity contribution in [3.05, 3.63) is 17.9 Å². The van der Waals surface area contributed by atoms with Gasteiger partial charge in [0.05, 0.1) is 12.8 Å². The van der Waals surface area contributed by atoms with Gasteiger partial charge in [0.2, 0.25) is 0 Å². The second-order valence-corrected chi connectivity index (χ2v) is 3.67. The van der Waals surface area contributed by atoms with E-state index in [2.05, 4.69) is 4.90 Å². The molecule has 1 fully saturated rings. The normalized spacial score (nSPS) is 15.7. The zero-order chi connectivity index (χ0) is 10.8. The zero-order valence-electron chi connectivity index (χ0n) is 8.66. The summed E-state index contributed by atoms with van der Waals surface area (Å²) >= 11 is 0. The van der Waals surface area contributed by atoms with Gasteiger partial charge in [0.25, 0.3) is 0 Å². The summed E-state index contributed by atoms with van der Waals surface area (Å²) in [5, 5.41) is 9.32. The molecule has 0 spiro atoms.